The predicted molar refractivity (Wildman–Crippen MR) is 159 cm³/mol. The molecule has 214 valence electrons. The fourth-order valence-corrected chi connectivity index (χ4v) is 6.32. The Morgan fingerprint density at radius 3 is 2.60 bits per heavy atom. The number of halogens is 1. The number of fused-ring (bicyclic) bond motifs is 1. The van der Waals surface area contributed by atoms with E-state index in [-0.39, 0.29) is 35.7 Å². The molecule has 3 aromatic rings. The number of methoxy groups -OCH3 is 1. The lowest BCUT2D eigenvalue weighted by molar-refractivity contribution is -0.135. The number of hydrogen-bond acceptors (Lipinski definition) is 4. The van der Waals surface area contributed by atoms with E-state index in [9.17, 15) is 9.59 Å². The number of nitrogens with one attached hydrogen (secondary N) is 3. The highest BCUT2D eigenvalue weighted by atomic mass is 35.5. The normalized spacial score (nSPS) is 19.3. The van der Waals surface area contributed by atoms with E-state index in [4.69, 9.17) is 21.3 Å². The smallest absolute Gasteiger partial charge is 0.242 e. The number of nitrogens with zero attached hydrogens (tertiary/aromatic N) is 1. The minimum Gasteiger partial charge on any atom is -0.383 e. The number of aromatic amines is 1. The number of benzene rings is 2. The summed E-state index contributed by atoms with van der Waals surface area (Å²) in [7, 11) is 1.60. The molecule has 2 saturated carbocycles. The van der Waals surface area contributed by atoms with Crippen molar-refractivity contribution in [1.29, 1.82) is 0 Å². The van der Waals surface area contributed by atoms with Gasteiger partial charge in [-0.05, 0) is 86.1 Å². The van der Waals surface area contributed by atoms with Crippen LogP contribution in [-0.2, 0) is 26.2 Å². The van der Waals surface area contributed by atoms with Crippen molar-refractivity contribution in [2.24, 2.45) is 11.3 Å². The topological polar surface area (TPSA) is 96.1 Å². The number of aromatic nitrogens is 2. The van der Waals surface area contributed by atoms with E-state index in [1.54, 1.807) is 7.11 Å². The molecule has 7 nitrogen and oxygen atoms in total. The Kier molecular flexibility index (Phi) is 8.25. The minimum atomic E-state index is -0.982. The van der Waals surface area contributed by atoms with E-state index >= 15 is 0 Å². The summed E-state index contributed by atoms with van der Waals surface area (Å²) in [6.45, 7) is 6.81. The summed E-state index contributed by atoms with van der Waals surface area (Å²) in [6.07, 6.45) is 6.09. The first kappa shape index (κ1) is 28.6. The zero-order valence-corrected chi connectivity index (χ0v) is 24.7. The number of H-pyrrole nitrogens is 1. The fraction of sp³-hybridized carbons (Fsp3) is 0.531. The molecular weight excluding hydrogens is 524 g/mol. The lowest BCUT2D eigenvalue weighted by Crippen LogP contribution is -2.57. The molecule has 5 rings (SSSR count). The largest absolute Gasteiger partial charge is 0.383 e. The number of rotatable bonds is 12. The monoisotopic (exact) mass is 564 g/mol. The first-order valence-electron chi connectivity index (χ1n) is 14.5. The average Bonchev–Trinajstić information content (AvgIpc) is 3.51. The van der Waals surface area contributed by atoms with Crippen LogP contribution in [-0.4, -0.2) is 48.1 Å². The van der Waals surface area contributed by atoms with Gasteiger partial charge in [-0.2, -0.15) is 0 Å². The second-order valence-electron chi connectivity index (χ2n) is 12.1. The molecule has 2 fully saturated rings. The Morgan fingerprint density at radius 2 is 1.98 bits per heavy atom. The molecule has 2 amide bonds. The summed E-state index contributed by atoms with van der Waals surface area (Å²) in [6, 6.07) is 13.5. The second-order valence-corrected chi connectivity index (χ2v) is 12.6. The summed E-state index contributed by atoms with van der Waals surface area (Å²) in [5, 5.41) is 6.77. The van der Waals surface area contributed by atoms with E-state index in [1.807, 2.05) is 50.2 Å². The first-order chi connectivity index (χ1) is 19.2. The van der Waals surface area contributed by atoms with E-state index in [1.165, 1.54) is 18.4 Å². The lowest BCUT2D eigenvalue weighted by Gasteiger charge is -2.36. The van der Waals surface area contributed by atoms with E-state index in [0.29, 0.717) is 6.54 Å². The third-order valence-electron chi connectivity index (χ3n) is 9.20. The van der Waals surface area contributed by atoms with Gasteiger partial charge in [0, 0.05) is 25.1 Å². The maximum absolute atomic E-state index is 13.8. The van der Waals surface area contributed by atoms with Gasteiger partial charge in [0.2, 0.25) is 11.8 Å². The van der Waals surface area contributed by atoms with Crippen molar-refractivity contribution >= 4 is 34.4 Å². The number of imidazole rings is 1. The highest BCUT2D eigenvalue weighted by Crippen LogP contribution is 2.57. The Labute approximate surface area is 241 Å². The van der Waals surface area contributed by atoms with Crippen LogP contribution in [0.1, 0.15) is 75.7 Å². The van der Waals surface area contributed by atoms with Crippen LogP contribution in [0.5, 0.6) is 0 Å². The van der Waals surface area contributed by atoms with Crippen molar-refractivity contribution in [3.63, 3.8) is 0 Å². The van der Waals surface area contributed by atoms with Crippen LogP contribution in [0.4, 0.5) is 0 Å². The summed E-state index contributed by atoms with van der Waals surface area (Å²) in [5.41, 5.74) is 2.95. The van der Waals surface area contributed by atoms with Crippen LogP contribution in [0.2, 0.25) is 5.02 Å². The molecule has 1 heterocycles. The van der Waals surface area contributed by atoms with Gasteiger partial charge >= 0.3 is 0 Å². The molecule has 8 heteroatoms. The van der Waals surface area contributed by atoms with Gasteiger partial charge in [0.05, 0.1) is 23.1 Å². The number of carbonyl (C=O) groups excluding carboxylic acids is 2. The minimum absolute atomic E-state index is 0.119. The molecule has 0 bridgehead atoms. The molecular formula is C32H41ClN4O3. The molecule has 0 radical (unpaired) electrons. The molecule has 2 aromatic carbocycles. The van der Waals surface area contributed by atoms with Gasteiger partial charge in [-0.25, -0.2) is 4.98 Å². The lowest BCUT2D eigenvalue weighted by atomic mass is 9.77. The van der Waals surface area contributed by atoms with Crippen LogP contribution in [0, 0.1) is 11.3 Å². The van der Waals surface area contributed by atoms with E-state index in [2.05, 4.69) is 28.6 Å². The van der Waals surface area contributed by atoms with E-state index < -0.39 is 11.5 Å². The van der Waals surface area contributed by atoms with Gasteiger partial charge in [-0.15, -0.1) is 0 Å². The number of likely N-dealkylation sites (N-methyl/N-ethyl adjacent to an activating group) is 1. The number of amides is 2. The predicted octanol–water partition coefficient (Wildman–Crippen LogP) is 5.67. The van der Waals surface area contributed by atoms with Crippen LogP contribution in [0.25, 0.3) is 11.0 Å². The van der Waals surface area contributed by atoms with Crippen LogP contribution < -0.4 is 10.6 Å². The van der Waals surface area contributed by atoms with Crippen molar-refractivity contribution in [3.8, 4) is 0 Å². The Morgan fingerprint density at radius 1 is 1.23 bits per heavy atom. The van der Waals surface area contributed by atoms with Gasteiger partial charge in [0.25, 0.3) is 0 Å². The maximum atomic E-state index is 13.8. The van der Waals surface area contributed by atoms with Gasteiger partial charge < -0.3 is 20.4 Å². The highest BCUT2D eigenvalue weighted by Gasteiger charge is 2.46. The van der Waals surface area contributed by atoms with Crippen molar-refractivity contribution < 1.29 is 14.3 Å². The molecule has 0 spiro atoms. The van der Waals surface area contributed by atoms with E-state index in [0.717, 1.165) is 53.1 Å². The average molecular weight is 565 g/mol. The number of hydrogen-bond donors (Lipinski definition) is 3. The van der Waals surface area contributed by atoms with Crippen LogP contribution >= 0.6 is 11.6 Å². The molecule has 2 aliphatic rings. The number of carbonyl (C=O) groups is 2. The standard InChI is InChI=1S/C32H41ClN4O3/c1-5-34-29(38)28(20-9-8-10-20)37-30(39)32(3,19-40-4)21-13-14-25-26(17-21)36-27(35-25)18-23(31(2)15-16-31)22-11-6-7-12-24(22)33/h6-7,11-14,17,20,23,28H,5,8-10,15-16,18-19H2,1-4H3,(H,34,38)(H,35,36)(H,37,39)/t23-,28-,32?/m1/s1. The molecule has 0 saturated heterocycles. The van der Waals surface area contributed by atoms with Crippen LogP contribution in [0.3, 0.4) is 0 Å². The molecule has 2 aliphatic carbocycles. The summed E-state index contributed by atoms with van der Waals surface area (Å²) in [4.78, 5) is 35.1. The molecule has 1 unspecified atom stereocenters. The van der Waals surface area contributed by atoms with Crippen molar-refractivity contribution in [2.45, 2.75) is 76.7 Å². The second kappa shape index (κ2) is 11.5. The Bertz CT molecular complexity index is 1380. The van der Waals surface area contributed by atoms with Gasteiger partial charge in [0.15, 0.2) is 0 Å². The molecule has 3 N–H and O–H groups in total. The molecule has 1 aromatic heterocycles. The Balaban J connectivity index is 1.41. The maximum Gasteiger partial charge on any atom is 0.242 e. The molecule has 40 heavy (non-hydrogen) atoms. The summed E-state index contributed by atoms with van der Waals surface area (Å²) >= 11 is 6.63. The van der Waals surface area contributed by atoms with Crippen molar-refractivity contribution in [3.05, 3.63) is 64.4 Å². The van der Waals surface area contributed by atoms with Gasteiger partial charge in [-0.3, -0.25) is 9.59 Å². The molecule has 0 aliphatic heterocycles. The van der Waals surface area contributed by atoms with Crippen molar-refractivity contribution in [2.75, 3.05) is 20.3 Å². The fourth-order valence-electron chi connectivity index (χ4n) is 6.05. The quantitative estimate of drug-likeness (QED) is 0.264. The van der Waals surface area contributed by atoms with Crippen molar-refractivity contribution in [1.82, 2.24) is 20.6 Å². The summed E-state index contributed by atoms with van der Waals surface area (Å²) < 4.78 is 5.55. The third kappa shape index (κ3) is 5.64. The Hall–Kier alpha value is -2.90. The zero-order chi connectivity index (χ0) is 28.5. The number of ether oxygens (including phenoxy) is 1. The first-order valence-corrected chi connectivity index (χ1v) is 14.9. The SMILES string of the molecule is CCNC(=O)[C@H](NC(=O)C(C)(COC)c1ccc2nc(C[C@H](c3ccccc3Cl)C3(C)CC3)[nH]c2c1)C1CCC1. The molecule has 3 atom stereocenters. The zero-order valence-electron chi connectivity index (χ0n) is 24.0. The van der Waals surface area contributed by atoms with Gasteiger partial charge in [0.1, 0.15) is 11.9 Å². The summed E-state index contributed by atoms with van der Waals surface area (Å²) in [5.74, 6) is 1.01. The van der Waals surface area contributed by atoms with Gasteiger partial charge in [-0.1, -0.05) is 49.2 Å². The van der Waals surface area contributed by atoms with Crippen LogP contribution in [0.15, 0.2) is 42.5 Å². The highest BCUT2D eigenvalue weighted by molar-refractivity contribution is 6.31. The third-order valence-corrected chi connectivity index (χ3v) is 9.55.